The minimum atomic E-state index is 0.172. The fourth-order valence-corrected chi connectivity index (χ4v) is 3.44. The monoisotopic (exact) mass is 247 g/mol. The van der Waals surface area contributed by atoms with Crippen LogP contribution in [0, 0.1) is 38.0 Å². The summed E-state index contributed by atoms with van der Waals surface area (Å²) < 4.78 is 0. The highest BCUT2D eigenvalue weighted by Crippen LogP contribution is 2.37. The van der Waals surface area contributed by atoms with Crippen LogP contribution in [0.2, 0.25) is 0 Å². The molecule has 2 unspecified atom stereocenters. The minimum Gasteiger partial charge on any atom is -0.228 e. The fraction of sp³-hybridized carbons (Fsp3) is 0.615. The van der Waals surface area contributed by atoms with E-state index in [1.165, 1.54) is 0 Å². The lowest BCUT2D eigenvalue weighted by atomic mass is 10.1. The quantitative estimate of drug-likeness (QED) is 0.753. The summed E-state index contributed by atoms with van der Waals surface area (Å²) in [7, 11) is 0. The standard InChI is InChI=1S/C13H17N3S/c1-8-9(2)15-13(16-10(8)3)17-12-6-4-5-11(12)7-14/h11-12H,4-6H2,1-3H3. The lowest BCUT2D eigenvalue weighted by Crippen LogP contribution is -2.09. The molecule has 0 bridgehead atoms. The summed E-state index contributed by atoms with van der Waals surface area (Å²) in [6.45, 7) is 6.09. The third-order valence-electron chi connectivity index (χ3n) is 3.49. The molecular formula is C13H17N3S. The van der Waals surface area contributed by atoms with Crippen LogP contribution in [0.1, 0.15) is 36.2 Å². The van der Waals surface area contributed by atoms with Crippen molar-refractivity contribution < 1.29 is 0 Å². The van der Waals surface area contributed by atoms with Crippen molar-refractivity contribution in [2.75, 3.05) is 0 Å². The summed E-state index contributed by atoms with van der Waals surface area (Å²) >= 11 is 1.68. The SMILES string of the molecule is Cc1nc(SC2CCCC2C#N)nc(C)c1C. The third-order valence-corrected chi connectivity index (χ3v) is 4.75. The Balaban J connectivity index is 2.17. The molecule has 1 saturated carbocycles. The van der Waals surface area contributed by atoms with E-state index in [0.29, 0.717) is 5.25 Å². The van der Waals surface area contributed by atoms with Crippen LogP contribution < -0.4 is 0 Å². The van der Waals surface area contributed by atoms with Gasteiger partial charge in [-0.25, -0.2) is 9.97 Å². The first-order valence-electron chi connectivity index (χ1n) is 6.00. The summed E-state index contributed by atoms with van der Waals surface area (Å²) in [5.41, 5.74) is 3.26. The van der Waals surface area contributed by atoms with E-state index in [1.807, 2.05) is 20.8 Å². The Labute approximate surface area is 107 Å². The van der Waals surface area contributed by atoms with Gasteiger partial charge in [-0.05, 0) is 39.2 Å². The molecule has 0 aliphatic heterocycles. The van der Waals surface area contributed by atoms with Gasteiger partial charge in [0.15, 0.2) is 5.16 Å². The summed E-state index contributed by atoms with van der Waals surface area (Å²) in [4.78, 5) is 9.02. The number of nitriles is 1. The molecule has 4 heteroatoms. The number of thioether (sulfide) groups is 1. The maximum absolute atomic E-state index is 9.06. The van der Waals surface area contributed by atoms with Crippen LogP contribution in [-0.2, 0) is 0 Å². The van der Waals surface area contributed by atoms with Crippen molar-refractivity contribution in [2.45, 2.75) is 50.4 Å². The Bertz CT molecular complexity index is 441. The normalized spacial score (nSPS) is 23.6. The Morgan fingerprint density at radius 3 is 2.41 bits per heavy atom. The molecule has 1 aliphatic rings. The molecule has 0 spiro atoms. The smallest absolute Gasteiger partial charge is 0.188 e. The van der Waals surface area contributed by atoms with E-state index in [0.717, 1.165) is 41.4 Å². The van der Waals surface area contributed by atoms with E-state index in [2.05, 4.69) is 16.0 Å². The summed E-state index contributed by atoms with van der Waals surface area (Å²) in [5, 5.41) is 10.3. The predicted molar refractivity (Wildman–Crippen MR) is 68.8 cm³/mol. The molecule has 1 fully saturated rings. The van der Waals surface area contributed by atoms with Crippen LogP contribution in [0.3, 0.4) is 0 Å². The molecule has 90 valence electrons. The molecule has 1 aliphatic carbocycles. The van der Waals surface area contributed by atoms with Gasteiger partial charge in [0, 0.05) is 16.6 Å². The Morgan fingerprint density at radius 2 is 1.82 bits per heavy atom. The van der Waals surface area contributed by atoms with Crippen LogP contribution in [0.15, 0.2) is 5.16 Å². The number of aromatic nitrogens is 2. The number of hydrogen-bond donors (Lipinski definition) is 0. The molecule has 17 heavy (non-hydrogen) atoms. The molecule has 2 rings (SSSR count). The van der Waals surface area contributed by atoms with Gasteiger partial charge in [0.25, 0.3) is 0 Å². The molecule has 0 saturated heterocycles. The first-order chi connectivity index (χ1) is 8.11. The predicted octanol–water partition coefficient (Wildman–Crippen LogP) is 3.19. The van der Waals surface area contributed by atoms with Crippen molar-refractivity contribution in [2.24, 2.45) is 5.92 Å². The topological polar surface area (TPSA) is 49.6 Å². The largest absolute Gasteiger partial charge is 0.228 e. The van der Waals surface area contributed by atoms with Gasteiger partial charge >= 0.3 is 0 Å². The van der Waals surface area contributed by atoms with Crippen LogP contribution in [0.5, 0.6) is 0 Å². The molecule has 3 nitrogen and oxygen atoms in total. The van der Waals surface area contributed by atoms with Crippen molar-refractivity contribution in [3.8, 4) is 6.07 Å². The van der Waals surface area contributed by atoms with E-state index in [9.17, 15) is 0 Å². The maximum Gasteiger partial charge on any atom is 0.188 e. The molecule has 2 atom stereocenters. The Morgan fingerprint density at radius 1 is 1.18 bits per heavy atom. The zero-order valence-corrected chi connectivity index (χ0v) is 11.3. The second-order valence-electron chi connectivity index (χ2n) is 4.62. The van der Waals surface area contributed by atoms with Crippen molar-refractivity contribution in [3.05, 3.63) is 17.0 Å². The fourth-order valence-electron chi connectivity index (χ4n) is 2.14. The number of nitrogens with zero attached hydrogens (tertiary/aromatic N) is 3. The third kappa shape index (κ3) is 2.61. The first-order valence-corrected chi connectivity index (χ1v) is 6.88. The lowest BCUT2D eigenvalue weighted by Gasteiger charge is -2.13. The van der Waals surface area contributed by atoms with E-state index in [1.54, 1.807) is 11.8 Å². The van der Waals surface area contributed by atoms with Gasteiger partial charge in [0.05, 0.1) is 12.0 Å². The van der Waals surface area contributed by atoms with Gasteiger partial charge in [-0.2, -0.15) is 5.26 Å². The molecule has 0 amide bonds. The second-order valence-corrected chi connectivity index (χ2v) is 5.83. The molecule has 0 aromatic carbocycles. The average Bonchev–Trinajstić information content (AvgIpc) is 2.73. The molecule has 0 N–H and O–H groups in total. The van der Waals surface area contributed by atoms with Gasteiger partial charge in [0.2, 0.25) is 0 Å². The Kier molecular flexibility index (Phi) is 3.68. The summed E-state index contributed by atoms with van der Waals surface area (Å²) in [6, 6.07) is 2.40. The first kappa shape index (κ1) is 12.4. The van der Waals surface area contributed by atoms with Crippen LogP contribution in [-0.4, -0.2) is 15.2 Å². The van der Waals surface area contributed by atoms with E-state index < -0.39 is 0 Å². The van der Waals surface area contributed by atoms with Crippen molar-refractivity contribution in [1.29, 1.82) is 5.26 Å². The summed E-state index contributed by atoms with van der Waals surface area (Å²) in [5.74, 6) is 0.172. The number of hydrogen-bond acceptors (Lipinski definition) is 4. The van der Waals surface area contributed by atoms with Crippen molar-refractivity contribution >= 4 is 11.8 Å². The molecule has 1 heterocycles. The number of rotatable bonds is 2. The highest BCUT2D eigenvalue weighted by molar-refractivity contribution is 7.99. The molecular weight excluding hydrogens is 230 g/mol. The molecule has 1 aromatic rings. The highest BCUT2D eigenvalue weighted by Gasteiger charge is 2.28. The molecule has 1 aromatic heterocycles. The lowest BCUT2D eigenvalue weighted by molar-refractivity contribution is 0.711. The van der Waals surface area contributed by atoms with Crippen molar-refractivity contribution in [3.63, 3.8) is 0 Å². The van der Waals surface area contributed by atoms with E-state index >= 15 is 0 Å². The Hall–Kier alpha value is -1.08. The van der Waals surface area contributed by atoms with Crippen LogP contribution in [0.4, 0.5) is 0 Å². The van der Waals surface area contributed by atoms with Gasteiger partial charge in [0.1, 0.15) is 0 Å². The zero-order valence-electron chi connectivity index (χ0n) is 10.5. The van der Waals surface area contributed by atoms with E-state index in [-0.39, 0.29) is 5.92 Å². The minimum absolute atomic E-state index is 0.172. The zero-order chi connectivity index (χ0) is 12.4. The van der Waals surface area contributed by atoms with Crippen LogP contribution in [0.25, 0.3) is 0 Å². The average molecular weight is 247 g/mol. The van der Waals surface area contributed by atoms with E-state index in [4.69, 9.17) is 5.26 Å². The molecule has 0 radical (unpaired) electrons. The van der Waals surface area contributed by atoms with Gasteiger partial charge in [-0.15, -0.1) is 0 Å². The van der Waals surface area contributed by atoms with Gasteiger partial charge in [-0.1, -0.05) is 18.2 Å². The maximum atomic E-state index is 9.06. The van der Waals surface area contributed by atoms with Gasteiger partial charge in [-0.3, -0.25) is 0 Å². The van der Waals surface area contributed by atoms with Crippen LogP contribution >= 0.6 is 11.8 Å². The highest BCUT2D eigenvalue weighted by atomic mass is 32.2. The van der Waals surface area contributed by atoms with Gasteiger partial charge < -0.3 is 0 Å². The van der Waals surface area contributed by atoms with Crippen molar-refractivity contribution in [1.82, 2.24) is 9.97 Å². The number of aryl methyl sites for hydroxylation is 2. The second kappa shape index (κ2) is 5.05. The summed E-state index contributed by atoms with van der Waals surface area (Å²) in [6.07, 6.45) is 3.29.